The SMILES string of the molecule is CC(C)c1cccc2cc(S(=O)(=O)Nc3ccc(NC(=O)Nc4ccc5c(c4O)C(O)=C4C(=O)[C@]6(O)C(O)=C(C(N)=O)C(=O)C[C@@H]6[C@@H](O)[C@@H]4[C@H]5C)cc3)ccc12. The quantitative estimate of drug-likeness (QED) is 0.0918. The van der Waals surface area contributed by atoms with Crippen molar-refractivity contribution < 1.29 is 53.1 Å². The first-order valence-electron chi connectivity index (χ1n) is 17.6. The first-order valence-corrected chi connectivity index (χ1v) is 19.1. The van der Waals surface area contributed by atoms with E-state index in [9.17, 15) is 53.1 Å². The Bertz CT molecular complexity index is 2560. The van der Waals surface area contributed by atoms with Gasteiger partial charge in [0.2, 0.25) is 5.78 Å². The van der Waals surface area contributed by atoms with Crippen molar-refractivity contribution in [1.82, 2.24) is 0 Å². The number of hydrogen-bond donors (Lipinski definition) is 9. The fraction of sp³-hybridized carbons (Fsp3) is 0.250. The fourth-order valence-corrected chi connectivity index (χ4v) is 9.27. The molecule has 290 valence electrons. The predicted molar refractivity (Wildman–Crippen MR) is 205 cm³/mol. The lowest BCUT2D eigenvalue weighted by molar-refractivity contribution is -0.160. The van der Waals surface area contributed by atoms with Crippen LogP contribution in [0.15, 0.2) is 94.6 Å². The number of amides is 3. The molecule has 56 heavy (non-hydrogen) atoms. The zero-order valence-corrected chi connectivity index (χ0v) is 31.0. The average Bonchev–Trinajstić information content (AvgIpc) is 3.14. The van der Waals surface area contributed by atoms with Crippen LogP contribution in [0.25, 0.3) is 16.5 Å². The van der Waals surface area contributed by atoms with Gasteiger partial charge in [-0.25, -0.2) is 13.2 Å². The van der Waals surface area contributed by atoms with Crippen molar-refractivity contribution in [1.29, 1.82) is 0 Å². The lowest BCUT2D eigenvalue weighted by Gasteiger charge is -2.50. The normalized spacial score (nSPS) is 23.4. The Hall–Kier alpha value is -6.23. The third-order valence-corrected chi connectivity index (χ3v) is 12.3. The van der Waals surface area contributed by atoms with E-state index in [0.29, 0.717) is 0 Å². The van der Waals surface area contributed by atoms with Crippen LogP contribution < -0.4 is 21.1 Å². The number of urea groups is 1. The maximum Gasteiger partial charge on any atom is 0.323 e. The highest BCUT2D eigenvalue weighted by Crippen LogP contribution is 2.56. The van der Waals surface area contributed by atoms with Crippen LogP contribution in [0.1, 0.15) is 55.7 Å². The van der Waals surface area contributed by atoms with E-state index < -0.39 is 97.8 Å². The summed E-state index contributed by atoms with van der Waals surface area (Å²) in [6.07, 6.45) is -2.37. The summed E-state index contributed by atoms with van der Waals surface area (Å²) in [7, 11) is -3.97. The Morgan fingerprint density at radius 2 is 1.61 bits per heavy atom. The number of aromatic hydroxyl groups is 1. The molecule has 3 aliphatic rings. The van der Waals surface area contributed by atoms with Crippen molar-refractivity contribution in [2.24, 2.45) is 17.6 Å². The summed E-state index contributed by atoms with van der Waals surface area (Å²) < 4.78 is 29.0. The van der Waals surface area contributed by atoms with E-state index >= 15 is 0 Å². The number of hydrogen-bond acceptors (Lipinski definition) is 11. The molecule has 0 saturated heterocycles. The predicted octanol–water partition coefficient (Wildman–Crippen LogP) is 4.68. The smallest absolute Gasteiger partial charge is 0.323 e. The number of carbonyl (C=O) groups excluding carboxylic acids is 4. The lowest BCUT2D eigenvalue weighted by atomic mass is 9.55. The highest BCUT2D eigenvalue weighted by Gasteiger charge is 2.65. The minimum atomic E-state index is -3.97. The van der Waals surface area contributed by atoms with Crippen LogP contribution in [0.3, 0.4) is 0 Å². The minimum Gasteiger partial charge on any atom is -0.508 e. The molecular formula is C40H38N4O11S. The molecule has 10 N–H and O–H groups in total. The summed E-state index contributed by atoms with van der Waals surface area (Å²) >= 11 is 0. The highest BCUT2D eigenvalue weighted by molar-refractivity contribution is 7.92. The van der Waals surface area contributed by atoms with Crippen molar-refractivity contribution in [2.45, 2.75) is 55.6 Å². The van der Waals surface area contributed by atoms with Gasteiger partial charge in [0.25, 0.3) is 15.9 Å². The van der Waals surface area contributed by atoms with Gasteiger partial charge in [-0.1, -0.05) is 51.1 Å². The third-order valence-electron chi connectivity index (χ3n) is 11.0. The Kier molecular flexibility index (Phi) is 9.18. The van der Waals surface area contributed by atoms with Crippen molar-refractivity contribution in [2.75, 3.05) is 15.4 Å². The molecular weight excluding hydrogens is 745 g/mol. The topological polar surface area (TPSA) is 266 Å². The number of Topliss-reactive ketones (excluding diaryl/α,β-unsaturated/α-hetero) is 2. The lowest BCUT2D eigenvalue weighted by Crippen LogP contribution is -2.63. The average molecular weight is 783 g/mol. The molecule has 0 bridgehead atoms. The Morgan fingerprint density at radius 1 is 0.929 bits per heavy atom. The molecule has 15 nitrogen and oxygen atoms in total. The number of nitrogens with one attached hydrogen (secondary N) is 3. The first kappa shape index (κ1) is 38.1. The molecule has 3 amide bonds. The number of carbonyl (C=O) groups is 4. The van der Waals surface area contributed by atoms with Gasteiger partial charge in [0, 0.05) is 35.2 Å². The zero-order valence-electron chi connectivity index (χ0n) is 30.2. The number of aliphatic hydroxyl groups excluding tert-OH is 3. The molecule has 1 saturated carbocycles. The molecule has 0 aliphatic heterocycles. The molecule has 0 unspecified atom stereocenters. The molecule has 1 fully saturated rings. The van der Waals surface area contributed by atoms with Gasteiger partial charge >= 0.3 is 6.03 Å². The number of phenolic OH excluding ortho intramolecular Hbond substituents is 1. The number of sulfonamides is 1. The third kappa shape index (κ3) is 5.93. The Labute approximate surface area is 320 Å². The number of anilines is 3. The summed E-state index contributed by atoms with van der Waals surface area (Å²) in [6.45, 7) is 5.71. The second-order valence-electron chi connectivity index (χ2n) is 14.6. The van der Waals surface area contributed by atoms with Gasteiger partial charge in [0.1, 0.15) is 22.8 Å². The minimum absolute atomic E-state index is 0.0747. The Morgan fingerprint density at radius 3 is 2.27 bits per heavy atom. The van der Waals surface area contributed by atoms with Crippen LogP contribution in [-0.4, -0.2) is 69.2 Å². The number of primary amides is 1. The van der Waals surface area contributed by atoms with E-state index in [1.807, 2.05) is 18.2 Å². The molecule has 16 heteroatoms. The molecule has 0 spiro atoms. The zero-order chi connectivity index (χ0) is 40.6. The van der Waals surface area contributed by atoms with Crippen LogP contribution >= 0.6 is 0 Å². The molecule has 0 radical (unpaired) electrons. The number of nitrogens with two attached hydrogens (primary N) is 1. The van der Waals surface area contributed by atoms with Gasteiger partial charge in [-0.3, -0.25) is 19.1 Å². The molecule has 0 aromatic heterocycles. The van der Waals surface area contributed by atoms with Crippen LogP contribution in [-0.2, 0) is 24.4 Å². The van der Waals surface area contributed by atoms with Crippen molar-refractivity contribution >= 4 is 67.1 Å². The molecule has 4 aromatic rings. The number of benzene rings is 4. The van der Waals surface area contributed by atoms with Gasteiger partial charge in [0.05, 0.1) is 22.3 Å². The van der Waals surface area contributed by atoms with Crippen LogP contribution in [0.4, 0.5) is 21.9 Å². The largest absolute Gasteiger partial charge is 0.508 e. The van der Waals surface area contributed by atoms with Gasteiger partial charge in [-0.2, -0.15) is 0 Å². The van der Waals surface area contributed by atoms with Crippen LogP contribution in [0.2, 0.25) is 0 Å². The van der Waals surface area contributed by atoms with Crippen LogP contribution in [0, 0.1) is 11.8 Å². The summed E-state index contributed by atoms with van der Waals surface area (Å²) in [5.41, 5.74) is 2.03. The van der Waals surface area contributed by atoms with Crippen molar-refractivity contribution in [3.63, 3.8) is 0 Å². The van der Waals surface area contributed by atoms with Gasteiger partial charge < -0.3 is 41.9 Å². The first-order chi connectivity index (χ1) is 26.4. The van der Waals surface area contributed by atoms with E-state index in [-0.39, 0.29) is 39.0 Å². The van der Waals surface area contributed by atoms with Crippen molar-refractivity contribution in [3.05, 3.63) is 106 Å². The van der Waals surface area contributed by atoms with E-state index in [0.717, 1.165) is 16.3 Å². The van der Waals surface area contributed by atoms with E-state index in [1.165, 1.54) is 36.4 Å². The van der Waals surface area contributed by atoms with Gasteiger partial charge in [-0.15, -0.1) is 0 Å². The number of fused-ring (bicyclic) bond motifs is 4. The standard InChI is InChI=1S/C40H38N4O11S/c1-17(2)23-6-4-5-19-15-22(11-12-25(19)23)56(54,55)44-21-9-7-20(8-10-21)42-39(52)43-27-14-13-24-18(3)29-32(35(48)30(24)34(27)47)37(50)40(53)26(33(29)46)16-28(45)31(36(40)49)38(41)51/h4-15,17-18,26,29,33,44,46-49,53H,16H2,1-3H3,(H2,41,51)(H2,42,43,52)/t18-,26+,29+,33+,40+/m0/s1. The summed E-state index contributed by atoms with van der Waals surface area (Å²) in [6, 6.07) is 18.4. The monoisotopic (exact) mass is 782 g/mol. The summed E-state index contributed by atoms with van der Waals surface area (Å²) in [4.78, 5) is 51.6. The van der Waals surface area contributed by atoms with E-state index in [2.05, 4.69) is 29.2 Å². The number of rotatable bonds is 7. The number of phenols is 1. The molecule has 3 aliphatic carbocycles. The van der Waals surface area contributed by atoms with E-state index in [1.54, 1.807) is 25.1 Å². The second-order valence-corrected chi connectivity index (χ2v) is 16.2. The molecule has 0 heterocycles. The van der Waals surface area contributed by atoms with Gasteiger partial charge in [-0.05, 0) is 76.2 Å². The molecule has 5 atom stereocenters. The molecule has 7 rings (SSSR count). The molecule has 4 aromatic carbocycles. The number of aliphatic hydroxyl groups is 4. The fourth-order valence-electron chi connectivity index (χ4n) is 8.18. The maximum absolute atomic E-state index is 13.9. The van der Waals surface area contributed by atoms with Gasteiger partial charge in [0.15, 0.2) is 11.4 Å². The number of ketones is 2. The van der Waals surface area contributed by atoms with Crippen molar-refractivity contribution in [3.8, 4) is 5.75 Å². The Balaban J connectivity index is 1.10. The van der Waals surface area contributed by atoms with Crippen LogP contribution in [0.5, 0.6) is 5.75 Å². The summed E-state index contributed by atoms with van der Waals surface area (Å²) in [5, 5.41) is 63.3. The highest BCUT2D eigenvalue weighted by atomic mass is 32.2. The summed E-state index contributed by atoms with van der Waals surface area (Å²) in [5.74, 6) is -9.84. The van der Waals surface area contributed by atoms with E-state index in [4.69, 9.17) is 5.73 Å². The maximum atomic E-state index is 13.9. The second kappa shape index (κ2) is 13.5.